The molecule has 1 amide bonds. The Morgan fingerprint density at radius 3 is 2.59 bits per heavy atom. The molecule has 7 heteroatoms. The van der Waals surface area contributed by atoms with Crippen molar-refractivity contribution in [2.75, 3.05) is 7.05 Å². The molecule has 29 heavy (non-hydrogen) atoms. The fourth-order valence-corrected chi connectivity index (χ4v) is 4.54. The van der Waals surface area contributed by atoms with Crippen LogP contribution in [0.3, 0.4) is 0 Å². The van der Waals surface area contributed by atoms with Gasteiger partial charge in [0.15, 0.2) is 0 Å². The van der Waals surface area contributed by atoms with Crippen molar-refractivity contribution in [3.8, 4) is 0 Å². The van der Waals surface area contributed by atoms with Crippen molar-refractivity contribution in [1.82, 2.24) is 14.6 Å². The zero-order chi connectivity index (χ0) is 20.6. The molecule has 0 unspecified atom stereocenters. The molecule has 1 aliphatic rings. The Hall–Kier alpha value is -2.77. The second-order valence-corrected chi connectivity index (χ2v) is 9.56. The van der Waals surface area contributed by atoms with Gasteiger partial charge >= 0.3 is 0 Å². The molecule has 0 aliphatic heterocycles. The van der Waals surface area contributed by atoms with Crippen LogP contribution in [0.1, 0.15) is 34.3 Å². The molecule has 0 spiro atoms. The van der Waals surface area contributed by atoms with Crippen molar-refractivity contribution in [2.24, 2.45) is 0 Å². The number of nitrogens with one attached hydrogen (secondary N) is 1. The number of pyridine rings is 1. The van der Waals surface area contributed by atoms with Gasteiger partial charge in [0.05, 0.1) is 5.52 Å². The Labute approximate surface area is 170 Å². The van der Waals surface area contributed by atoms with Gasteiger partial charge in [-0.1, -0.05) is 24.3 Å². The number of sulfonamides is 1. The second kappa shape index (κ2) is 7.57. The van der Waals surface area contributed by atoms with Gasteiger partial charge in [-0.15, -0.1) is 0 Å². The third-order valence-electron chi connectivity index (χ3n) is 5.03. The lowest BCUT2D eigenvalue weighted by atomic mass is 10.1. The van der Waals surface area contributed by atoms with Crippen molar-refractivity contribution in [2.45, 2.75) is 37.2 Å². The number of hydrogen-bond donors (Lipinski definition) is 1. The van der Waals surface area contributed by atoms with E-state index in [1.165, 1.54) is 4.31 Å². The number of para-hydroxylation sites is 1. The Kier molecular flexibility index (Phi) is 5.10. The minimum absolute atomic E-state index is 0.0860. The summed E-state index contributed by atoms with van der Waals surface area (Å²) in [6.45, 7) is 2.13. The van der Waals surface area contributed by atoms with E-state index in [2.05, 4.69) is 10.3 Å². The van der Waals surface area contributed by atoms with Gasteiger partial charge in [-0.05, 0) is 55.2 Å². The zero-order valence-corrected chi connectivity index (χ0v) is 17.2. The molecular weight excluding hydrogens is 386 g/mol. The number of amides is 1. The first-order valence-corrected chi connectivity index (χ1v) is 11.0. The molecule has 3 aromatic rings. The minimum Gasteiger partial charge on any atom is -0.349 e. The standard InChI is InChI=1S/C22H23N3O3S/c1-15-12-18-4-3-5-20(21(18)23-13-15)29(27,28)25(2)14-16-6-8-17(9-7-16)22(26)24-19-10-11-19/h3-9,12-13,19H,10-11,14H2,1-2H3,(H,24,26). The zero-order valence-electron chi connectivity index (χ0n) is 16.4. The van der Waals surface area contributed by atoms with Crippen LogP contribution in [0.2, 0.25) is 0 Å². The average Bonchev–Trinajstić information content (AvgIpc) is 3.51. The lowest BCUT2D eigenvalue weighted by Crippen LogP contribution is -2.27. The van der Waals surface area contributed by atoms with Crippen LogP contribution in [-0.4, -0.2) is 36.7 Å². The van der Waals surface area contributed by atoms with Gasteiger partial charge in [0.25, 0.3) is 5.91 Å². The van der Waals surface area contributed by atoms with Gasteiger partial charge in [-0.2, -0.15) is 4.31 Å². The van der Waals surface area contributed by atoms with Gasteiger partial charge in [0.2, 0.25) is 10.0 Å². The van der Waals surface area contributed by atoms with Crippen LogP contribution in [0.4, 0.5) is 0 Å². The summed E-state index contributed by atoms with van der Waals surface area (Å²) >= 11 is 0. The highest BCUT2D eigenvalue weighted by atomic mass is 32.2. The number of fused-ring (bicyclic) bond motifs is 1. The Morgan fingerprint density at radius 1 is 1.17 bits per heavy atom. The lowest BCUT2D eigenvalue weighted by molar-refractivity contribution is 0.0951. The fourth-order valence-electron chi connectivity index (χ4n) is 3.22. The minimum atomic E-state index is -3.72. The predicted octanol–water partition coefficient (Wildman–Crippen LogP) is 3.26. The normalized spacial score (nSPS) is 14.3. The molecule has 0 atom stereocenters. The molecular formula is C22H23N3O3S. The summed E-state index contributed by atoms with van der Waals surface area (Å²) in [6, 6.07) is 14.4. The third kappa shape index (κ3) is 4.16. The molecule has 1 N–H and O–H groups in total. The van der Waals surface area contributed by atoms with Crippen LogP contribution in [-0.2, 0) is 16.6 Å². The van der Waals surface area contributed by atoms with Crippen LogP contribution < -0.4 is 5.32 Å². The highest BCUT2D eigenvalue weighted by Gasteiger charge is 2.25. The Balaban J connectivity index is 1.54. The highest BCUT2D eigenvalue weighted by Crippen LogP contribution is 2.25. The summed E-state index contributed by atoms with van der Waals surface area (Å²) in [6.07, 6.45) is 3.75. The summed E-state index contributed by atoms with van der Waals surface area (Å²) in [5, 5.41) is 3.74. The summed E-state index contributed by atoms with van der Waals surface area (Å²) < 4.78 is 27.6. The van der Waals surface area contributed by atoms with Gasteiger partial charge in [-0.25, -0.2) is 8.42 Å². The maximum atomic E-state index is 13.2. The van der Waals surface area contributed by atoms with E-state index in [-0.39, 0.29) is 17.3 Å². The van der Waals surface area contributed by atoms with E-state index >= 15 is 0 Å². The third-order valence-corrected chi connectivity index (χ3v) is 6.87. The smallest absolute Gasteiger partial charge is 0.251 e. The van der Waals surface area contributed by atoms with Gasteiger partial charge in [0, 0.05) is 36.8 Å². The van der Waals surface area contributed by atoms with Crippen molar-refractivity contribution in [3.05, 3.63) is 71.4 Å². The second-order valence-electron chi connectivity index (χ2n) is 7.55. The largest absolute Gasteiger partial charge is 0.349 e. The van der Waals surface area contributed by atoms with Gasteiger partial charge in [-0.3, -0.25) is 9.78 Å². The predicted molar refractivity (Wildman–Crippen MR) is 112 cm³/mol. The molecule has 1 heterocycles. The van der Waals surface area contributed by atoms with Crippen LogP contribution in [0.5, 0.6) is 0 Å². The number of benzene rings is 2. The molecule has 1 saturated carbocycles. The Bertz CT molecular complexity index is 1170. The number of rotatable bonds is 6. The molecule has 1 aromatic heterocycles. The number of carbonyl (C=O) groups excluding carboxylic acids is 1. The van der Waals surface area contributed by atoms with E-state index in [0.717, 1.165) is 29.4 Å². The van der Waals surface area contributed by atoms with Crippen molar-refractivity contribution in [1.29, 1.82) is 0 Å². The summed E-state index contributed by atoms with van der Waals surface area (Å²) in [4.78, 5) is 16.6. The molecule has 1 fully saturated rings. The first-order valence-electron chi connectivity index (χ1n) is 9.56. The monoisotopic (exact) mass is 409 g/mol. The molecule has 1 aliphatic carbocycles. The molecule has 0 saturated heterocycles. The van der Waals surface area contributed by atoms with Crippen LogP contribution in [0.15, 0.2) is 59.6 Å². The quantitative estimate of drug-likeness (QED) is 0.678. The highest BCUT2D eigenvalue weighted by molar-refractivity contribution is 7.89. The van der Waals surface area contributed by atoms with Crippen LogP contribution in [0.25, 0.3) is 10.9 Å². The maximum absolute atomic E-state index is 13.2. The first kappa shape index (κ1) is 19.5. The van der Waals surface area contributed by atoms with E-state index in [9.17, 15) is 13.2 Å². The van der Waals surface area contributed by atoms with E-state index < -0.39 is 10.0 Å². The number of carbonyl (C=O) groups is 1. The topological polar surface area (TPSA) is 79.4 Å². The molecule has 150 valence electrons. The SMILES string of the molecule is Cc1cnc2c(S(=O)(=O)N(C)Cc3ccc(C(=O)NC4CC4)cc3)cccc2c1. The lowest BCUT2D eigenvalue weighted by Gasteiger charge is -2.18. The molecule has 4 rings (SSSR count). The fraction of sp³-hybridized carbons (Fsp3) is 0.273. The summed E-state index contributed by atoms with van der Waals surface area (Å²) in [7, 11) is -2.17. The summed E-state index contributed by atoms with van der Waals surface area (Å²) in [5.41, 5.74) is 2.84. The van der Waals surface area contributed by atoms with E-state index in [1.54, 1.807) is 49.6 Å². The number of nitrogens with zero attached hydrogens (tertiary/aromatic N) is 2. The molecule has 6 nitrogen and oxygen atoms in total. The molecule has 0 bridgehead atoms. The van der Waals surface area contributed by atoms with Crippen molar-refractivity contribution >= 4 is 26.8 Å². The number of aromatic nitrogens is 1. The molecule has 0 radical (unpaired) electrons. The van der Waals surface area contributed by atoms with E-state index in [1.807, 2.05) is 19.1 Å². The van der Waals surface area contributed by atoms with Gasteiger partial charge in [0.1, 0.15) is 4.90 Å². The van der Waals surface area contributed by atoms with Crippen LogP contribution >= 0.6 is 0 Å². The number of hydrogen-bond acceptors (Lipinski definition) is 4. The first-order chi connectivity index (χ1) is 13.8. The van der Waals surface area contributed by atoms with Crippen LogP contribution in [0, 0.1) is 6.92 Å². The maximum Gasteiger partial charge on any atom is 0.251 e. The molecule has 2 aromatic carbocycles. The summed E-state index contributed by atoms with van der Waals surface area (Å²) in [5.74, 6) is -0.0860. The average molecular weight is 410 g/mol. The van der Waals surface area contributed by atoms with Crippen molar-refractivity contribution < 1.29 is 13.2 Å². The van der Waals surface area contributed by atoms with Gasteiger partial charge < -0.3 is 5.32 Å². The van der Waals surface area contributed by atoms with E-state index in [4.69, 9.17) is 0 Å². The van der Waals surface area contributed by atoms with Crippen molar-refractivity contribution in [3.63, 3.8) is 0 Å². The van der Waals surface area contributed by atoms with E-state index in [0.29, 0.717) is 17.1 Å². The number of aryl methyl sites for hydroxylation is 1. The Morgan fingerprint density at radius 2 is 1.90 bits per heavy atom.